The average Bonchev–Trinajstić information content (AvgIpc) is 3.43. The fourth-order valence-electron chi connectivity index (χ4n) is 6.62. The van der Waals surface area contributed by atoms with Gasteiger partial charge in [-0.1, -0.05) is 97.1 Å². The number of ether oxygens (including phenoxy) is 1. The molecule has 3 aliphatic rings. The molecular weight excluding hydrogens is 494 g/mol. The number of carbonyl (C=O) groups excluding carboxylic acids is 4. The van der Waals surface area contributed by atoms with Crippen molar-refractivity contribution in [3.8, 4) is 0 Å². The normalized spacial score (nSPS) is 26.9. The van der Waals surface area contributed by atoms with Gasteiger partial charge in [0.15, 0.2) is 5.60 Å². The van der Waals surface area contributed by atoms with Gasteiger partial charge in [0.1, 0.15) is 5.60 Å². The van der Waals surface area contributed by atoms with Crippen molar-refractivity contribution in [3.05, 3.63) is 137 Å². The molecule has 2 bridgehead atoms. The number of carboxylic acids is 1. The van der Waals surface area contributed by atoms with Crippen LogP contribution in [0, 0.1) is 11.8 Å². The summed E-state index contributed by atoms with van der Waals surface area (Å²) in [6.45, 7) is 0. The summed E-state index contributed by atoms with van der Waals surface area (Å²) in [5.41, 5.74) is -0.924. The molecule has 3 heterocycles. The van der Waals surface area contributed by atoms with E-state index in [1.165, 1.54) is 24.3 Å². The molecule has 7 rings (SSSR count). The summed E-state index contributed by atoms with van der Waals surface area (Å²) < 4.78 is 6.92. The smallest absolute Gasteiger partial charge is 0.241 e. The number of fused-ring (bicyclic) bond motifs is 7. The van der Waals surface area contributed by atoms with E-state index >= 15 is 0 Å². The lowest BCUT2D eigenvalue weighted by Crippen LogP contribution is -2.51. The SMILES string of the molecule is O=C([O-])c1ccc(N2C(=O)[C@H]3[C@H](C2=O)[C@@]2(c4ccccc4)O[C@]3(c3ccccc3)c3ccccc3C2=O)cc1. The summed E-state index contributed by atoms with van der Waals surface area (Å²) in [4.78, 5) is 55.6. The number of hydrogen-bond acceptors (Lipinski definition) is 6. The molecular formula is C32H20NO6-. The molecule has 7 heteroatoms. The Hall–Kier alpha value is -4.88. The van der Waals surface area contributed by atoms with E-state index in [4.69, 9.17) is 4.74 Å². The number of hydrogen-bond donors (Lipinski definition) is 0. The highest BCUT2D eigenvalue weighted by atomic mass is 16.5. The predicted octanol–water partition coefficient (Wildman–Crippen LogP) is 3.22. The van der Waals surface area contributed by atoms with Crippen LogP contribution in [0.25, 0.3) is 0 Å². The number of carboxylic acid groups (broad SMARTS) is 1. The monoisotopic (exact) mass is 514 g/mol. The lowest BCUT2D eigenvalue weighted by atomic mass is 9.72. The molecule has 39 heavy (non-hydrogen) atoms. The van der Waals surface area contributed by atoms with Crippen molar-refractivity contribution in [2.45, 2.75) is 11.2 Å². The molecule has 2 saturated heterocycles. The van der Waals surface area contributed by atoms with Gasteiger partial charge in [-0.2, -0.15) is 0 Å². The second-order valence-electron chi connectivity index (χ2n) is 9.98. The zero-order valence-electron chi connectivity index (χ0n) is 20.4. The maximum atomic E-state index is 14.4. The van der Waals surface area contributed by atoms with Crippen LogP contribution in [0.3, 0.4) is 0 Å². The quantitative estimate of drug-likeness (QED) is 0.388. The number of amides is 2. The zero-order valence-corrected chi connectivity index (χ0v) is 20.4. The second-order valence-corrected chi connectivity index (χ2v) is 9.98. The summed E-state index contributed by atoms with van der Waals surface area (Å²) in [7, 11) is 0. The third kappa shape index (κ3) is 2.85. The van der Waals surface area contributed by atoms with E-state index in [1.807, 2.05) is 36.4 Å². The van der Waals surface area contributed by atoms with Crippen LogP contribution in [0.5, 0.6) is 0 Å². The summed E-state index contributed by atoms with van der Waals surface area (Å²) in [6, 6.07) is 30.5. The molecule has 7 nitrogen and oxygen atoms in total. The van der Waals surface area contributed by atoms with Crippen LogP contribution in [0.15, 0.2) is 109 Å². The van der Waals surface area contributed by atoms with Crippen LogP contribution in [-0.4, -0.2) is 23.6 Å². The predicted molar refractivity (Wildman–Crippen MR) is 137 cm³/mol. The lowest BCUT2D eigenvalue weighted by Gasteiger charge is -2.43. The minimum absolute atomic E-state index is 0.0798. The number of carbonyl (C=O) groups is 4. The van der Waals surface area contributed by atoms with E-state index in [0.29, 0.717) is 22.3 Å². The van der Waals surface area contributed by atoms with Gasteiger partial charge in [-0.05, 0) is 28.8 Å². The van der Waals surface area contributed by atoms with Gasteiger partial charge in [0.25, 0.3) is 0 Å². The summed E-state index contributed by atoms with van der Waals surface area (Å²) in [6.07, 6.45) is 0. The van der Waals surface area contributed by atoms with Gasteiger partial charge in [-0.3, -0.25) is 14.4 Å². The maximum absolute atomic E-state index is 14.4. The van der Waals surface area contributed by atoms with Crippen LogP contribution in [0.2, 0.25) is 0 Å². The molecule has 0 aliphatic carbocycles. The van der Waals surface area contributed by atoms with Gasteiger partial charge in [0, 0.05) is 11.1 Å². The Morgan fingerprint density at radius 2 is 1.18 bits per heavy atom. The number of imide groups is 1. The molecule has 0 saturated carbocycles. The third-order valence-corrected chi connectivity index (χ3v) is 8.18. The highest BCUT2D eigenvalue weighted by molar-refractivity contribution is 6.26. The average molecular weight is 515 g/mol. The number of aromatic carboxylic acids is 1. The number of Topliss-reactive ketones (excluding diaryl/α,β-unsaturated/α-hetero) is 1. The molecule has 2 amide bonds. The molecule has 3 aliphatic heterocycles. The molecule has 0 aromatic heterocycles. The van der Waals surface area contributed by atoms with E-state index in [1.54, 1.807) is 48.5 Å². The van der Waals surface area contributed by atoms with Gasteiger partial charge >= 0.3 is 0 Å². The maximum Gasteiger partial charge on any atom is 0.241 e. The Kier molecular flexibility index (Phi) is 4.80. The highest BCUT2D eigenvalue weighted by Crippen LogP contribution is 2.66. The number of anilines is 1. The minimum Gasteiger partial charge on any atom is -0.545 e. The Labute approximate surface area is 223 Å². The van der Waals surface area contributed by atoms with Gasteiger partial charge < -0.3 is 14.6 Å². The molecule has 0 unspecified atom stereocenters. The summed E-state index contributed by atoms with van der Waals surface area (Å²) >= 11 is 0. The summed E-state index contributed by atoms with van der Waals surface area (Å²) in [5, 5.41) is 11.3. The molecule has 4 aromatic rings. The fraction of sp³-hybridized carbons (Fsp3) is 0.125. The number of benzene rings is 4. The van der Waals surface area contributed by atoms with Crippen molar-refractivity contribution in [2.24, 2.45) is 11.8 Å². The van der Waals surface area contributed by atoms with E-state index in [-0.39, 0.29) is 17.0 Å². The molecule has 2 fully saturated rings. The first-order valence-electron chi connectivity index (χ1n) is 12.6. The Bertz CT molecular complexity index is 1680. The molecule has 190 valence electrons. The lowest BCUT2D eigenvalue weighted by molar-refractivity contribution is -0.255. The van der Waals surface area contributed by atoms with Crippen LogP contribution in [0.4, 0.5) is 5.69 Å². The van der Waals surface area contributed by atoms with Crippen molar-refractivity contribution in [1.82, 2.24) is 0 Å². The van der Waals surface area contributed by atoms with Crippen LogP contribution >= 0.6 is 0 Å². The van der Waals surface area contributed by atoms with Gasteiger partial charge in [0.2, 0.25) is 17.6 Å². The Morgan fingerprint density at radius 3 is 1.77 bits per heavy atom. The van der Waals surface area contributed by atoms with Crippen molar-refractivity contribution in [2.75, 3.05) is 4.90 Å². The van der Waals surface area contributed by atoms with Crippen molar-refractivity contribution in [1.29, 1.82) is 0 Å². The largest absolute Gasteiger partial charge is 0.545 e. The summed E-state index contributed by atoms with van der Waals surface area (Å²) in [5.74, 6) is -5.05. The van der Waals surface area contributed by atoms with Crippen molar-refractivity contribution >= 4 is 29.3 Å². The van der Waals surface area contributed by atoms with E-state index in [9.17, 15) is 24.3 Å². The molecule has 4 aromatic carbocycles. The van der Waals surface area contributed by atoms with Crippen LogP contribution in [-0.2, 0) is 25.5 Å². The molecule has 0 radical (unpaired) electrons. The number of rotatable bonds is 4. The Balaban J connectivity index is 1.53. The van der Waals surface area contributed by atoms with Crippen molar-refractivity contribution < 1.29 is 29.0 Å². The molecule has 4 atom stereocenters. The van der Waals surface area contributed by atoms with Crippen LogP contribution in [0.1, 0.15) is 37.4 Å². The van der Waals surface area contributed by atoms with Crippen LogP contribution < -0.4 is 10.0 Å². The Morgan fingerprint density at radius 1 is 0.667 bits per heavy atom. The van der Waals surface area contributed by atoms with E-state index in [2.05, 4.69) is 0 Å². The topological polar surface area (TPSA) is 104 Å². The first kappa shape index (κ1) is 23.3. The van der Waals surface area contributed by atoms with E-state index in [0.717, 1.165) is 4.90 Å². The van der Waals surface area contributed by atoms with Gasteiger partial charge in [-0.25, -0.2) is 4.90 Å². The molecule has 0 spiro atoms. The molecule has 0 N–H and O–H groups in total. The first-order valence-corrected chi connectivity index (χ1v) is 12.6. The highest BCUT2D eigenvalue weighted by Gasteiger charge is 2.78. The van der Waals surface area contributed by atoms with Gasteiger partial charge in [-0.15, -0.1) is 0 Å². The first-order chi connectivity index (χ1) is 18.9. The third-order valence-electron chi connectivity index (χ3n) is 8.18. The zero-order chi connectivity index (χ0) is 26.9. The van der Waals surface area contributed by atoms with Crippen molar-refractivity contribution in [3.63, 3.8) is 0 Å². The second kappa shape index (κ2) is 8.06. The standard InChI is InChI=1S/C32H21NO6/c34-27-23-13-7-8-14-24(23)31(20-9-3-1-4-10-20)25-26(32(27,39-31)21-11-5-2-6-12-21)29(36)33(28(25)35)22-17-15-19(16-18-22)30(37)38/h1-18,25-26H,(H,37,38)/p-1/t25-,26-,31-,32-/m1/s1. The van der Waals surface area contributed by atoms with E-state index < -0.39 is 40.8 Å². The minimum atomic E-state index is -1.75. The fourth-order valence-corrected chi connectivity index (χ4v) is 6.62. The van der Waals surface area contributed by atoms with Gasteiger partial charge in [0.05, 0.1) is 23.5 Å². The number of ketones is 1. The number of nitrogens with zero attached hydrogens (tertiary/aromatic N) is 1.